The third kappa shape index (κ3) is 2.32. The first kappa shape index (κ1) is 10.3. The minimum atomic E-state index is -0.985. The Balaban J connectivity index is 2.50. The number of aliphatic hydroxyl groups is 1. The third-order valence-electron chi connectivity index (χ3n) is 2.23. The van der Waals surface area contributed by atoms with E-state index in [0.717, 1.165) is 0 Å². The summed E-state index contributed by atoms with van der Waals surface area (Å²) in [6.07, 6.45) is -0.448. The highest BCUT2D eigenvalue weighted by molar-refractivity contribution is 5.66. The van der Waals surface area contributed by atoms with Crippen LogP contribution in [-0.2, 0) is 4.74 Å². The van der Waals surface area contributed by atoms with E-state index >= 15 is 0 Å². The van der Waals surface area contributed by atoms with E-state index < -0.39 is 6.09 Å². The molecule has 1 fully saturated rings. The van der Waals surface area contributed by atoms with Crippen molar-refractivity contribution in [2.75, 3.05) is 19.8 Å². The van der Waals surface area contributed by atoms with Gasteiger partial charge < -0.3 is 19.8 Å². The van der Waals surface area contributed by atoms with E-state index in [-0.39, 0.29) is 18.8 Å². The molecule has 1 amide bonds. The zero-order valence-corrected chi connectivity index (χ0v) is 7.64. The van der Waals surface area contributed by atoms with Crippen LogP contribution in [0.25, 0.3) is 0 Å². The number of carbonyl (C=O) groups is 1. The lowest BCUT2D eigenvalue weighted by atomic mass is 10.2. The summed E-state index contributed by atoms with van der Waals surface area (Å²) in [5, 5.41) is 17.7. The van der Waals surface area contributed by atoms with Crippen LogP contribution >= 0.6 is 0 Å². The number of amides is 1. The molecule has 2 N–H and O–H groups in total. The molecule has 0 aliphatic carbocycles. The lowest BCUT2D eigenvalue weighted by Crippen LogP contribution is -2.36. The largest absolute Gasteiger partial charge is 0.465 e. The molecule has 0 aromatic carbocycles. The first-order valence-corrected chi connectivity index (χ1v) is 4.41. The number of likely N-dealkylation sites (tertiary alicyclic amines) is 1. The van der Waals surface area contributed by atoms with Crippen molar-refractivity contribution in [3.63, 3.8) is 0 Å². The molecule has 1 heterocycles. The average molecular weight is 189 g/mol. The molecule has 2 atom stereocenters. The second-order valence-electron chi connectivity index (χ2n) is 3.08. The molecule has 0 bridgehead atoms. The molecule has 5 nitrogen and oxygen atoms in total. The van der Waals surface area contributed by atoms with Gasteiger partial charge in [-0.25, -0.2) is 4.79 Å². The Morgan fingerprint density at radius 2 is 2.38 bits per heavy atom. The van der Waals surface area contributed by atoms with Crippen LogP contribution in [0.15, 0.2) is 0 Å². The number of carboxylic acid groups (broad SMARTS) is 1. The van der Waals surface area contributed by atoms with E-state index in [1.54, 1.807) is 0 Å². The van der Waals surface area contributed by atoms with Crippen LogP contribution in [0, 0.1) is 0 Å². The summed E-state index contributed by atoms with van der Waals surface area (Å²) < 4.78 is 5.30. The predicted molar refractivity (Wildman–Crippen MR) is 45.6 cm³/mol. The highest BCUT2D eigenvalue weighted by Crippen LogP contribution is 2.19. The molecule has 13 heavy (non-hydrogen) atoms. The number of hydrogen-bond donors (Lipinski definition) is 2. The van der Waals surface area contributed by atoms with Crippen LogP contribution < -0.4 is 0 Å². The lowest BCUT2D eigenvalue weighted by molar-refractivity contribution is 0.0679. The summed E-state index contributed by atoms with van der Waals surface area (Å²) in [6.45, 7) is 2.69. The molecule has 1 aliphatic heterocycles. The van der Waals surface area contributed by atoms with Crippen molar-refractivity contribution in [1.29, 1.82) is 0 Å². The molecule has 1 unspecified atom stereocenters. The van der Waals surface area contributed by atoms with E-state index in [4.69, 9.17) is 14.9 Å². The van der Waals surface area contributed by atoms with Crippen LogP contribution in [0.5, 0.6) is 0 Å². The molecule has 1 aliphatic rings. The zero-order valence-electron chi connectivity index (χ0n) is 7.64. The van der Waals surface area contributed by atoms with Gasteiger partial charge in [0.2, 0.25) is 0 Å². The highest BCUT2D eigenvalue weighted by Gasteiger charge is 2.34. The second kappa shape index (κ2) is 4.43. The van der Waals surface area contributed by atoms with Gasteiger partial charge in [-0.1, -0.05) is 0 Å². The smallest absolute Gasteiger partial charge is 0.407 e. The Morgan fingerprint density at radius 3 is 2.77 bits per heavy atom. The Hall–Kier alpha value is -0.810. The first-order valence-electron chi connectivity index (χ1n) is 4.41. The van der Waals surface area contributed by atoms with Crippen molar-refractivity contribution in [2.24, 2.45) is 0 Å². The Kier molecular flexibility index (Phi) is 3.50. The van der Waals surface area contributed by atoms with Crippen molar-refractivity contribution in [2.45, 2.75) is 25.5 Å². The maximum atomic E-state index is 10.7. The van der Waals surface area contributed by atoms with Crippen LogP contribution in [0.3, 0.4) is 0 Å². The van der Waals surface area contributed by atoms with Gasteiger partial charge in [-0.15, -0.1) is 0 Å². The van der Waals surface area contributed by atoms with Gasteiger partial charge in [0.15, 0.2) is 0 Å². The first-order chi connectivity index (χ1) is 6.19. The van der Waals surface area contributed by atoms with Gasteiger partial charge in [-0.2, -0.15) is 0 Å². The molecule has 0 radical (unpaired) electrons. The van der Waals surface area contributed by atoms with Crippen molar-refractivity contribution < 1.29 is 19.7 Å². The standard InChI is InChI=1S/C8H15NO4/c1-2-13-7-3-6(5-10)9(4-7)8(11)12/h6-7,10H,2-5H2,1H3,(H,11,12)/t6?,7-/m1/s1. The van der Waals surface area contributed by atoms with Crippen molar-refractivity contribution >= 4 is 6.09 Å². The number of aliphatic hydroxyl groups excluding tert-OH is 1. The summed E-state index contributed by atoms with van der Waals surface area (Å²) in [5.74, 6) is 0. The minimum absolute atomic E-state index is 0.0572. The summed E-state index contributed by atoms with van der Waals surface area (Å²) in [5.41, 5.74) is 0. The molecule has 0 aromatic rings. The fourth-order valence-electron chi connectivity index (χ4n) is 1.64. The topological polar surface area (TPSA) is 70.0 Å². The van der Waals surface area contributed by atoms with Crippen LogP contribution in [0.1, 0.15) is 13.3 Å². The molecule has 5 heteroatoms. The van der Waals surface area contributed by atoms with Crippen LogP contribution in [0.2, 0.25) is 0 Å². The molecule has 0 aromatic heterocycles. The van der Waals surface area contributed by atoms with Gasteiger partial charge in [-0.3, -0.25) is 0 Å². The normalized spacial score (nSPS) is 28.0. The van der Waals surface area contributed by atoms with Gasteiger partial charge in [0.05, 0.1) is 25.3 Å². The highest BCUT2D eigenvalue weighted by atomic mass is 16.5. The molecular formula is C8H15NO4. The van der Waals surface area contributed by atoms with E-state index in [2.05, 4.69) is 0 Å². The Labute approximate surface area is 76.9 Å². The Bertz CT molecular complexity index is 185. The molecule has 1 saturated heterocycles. The molecule has 0 saturated carbocycles. The average Bonchev–Trinajstić information content (AvgIpc) is 2.48. The summed E-state index contributed by atoms with van der Waals surface area (Å²) >= 11 is 0. The predicted octanol–water partition coefficient (Wildman–Crippen LogP) is 0.136. The number of hydrogen-bond acceptors (Lipinski definition) is 3. The quantitative estimate of drug-likeness (QED) is 0.662. The summed E-state index contributed by atoms with van der Waals surface area (Å²) in [7, 11) is 0. The number of ether oxygens (including phenoxy) is 1. The fourth-order valence-corrected chi connectivity index (χ4v) is 1.64. The number of nitrogens with zero attached hydrogens (tertiary/aromatic N) is 1. The Morgan fingerprint density at radius 1 is 1.69 bits per heavy atom. The van der Waals surface area contributed by atoms with Gasteiger partial charge in [0.1, 0.15) is 0 Å². The minimum Gasteiger partial charge on any atom is -0.465 e. The van der Waals surface area contributed by atoms with Crippen LogP contribution in [-0.4, -0.2) is 53.1 Å². The number of rotatable bonds is 3. The maximum Gasteiger partial charge on any atom is 0.407 e. The van der Waals surface area contributed by atoms with Crippen LogP contribution in [0.4, 0.5) is 4.79 Å². The molecule has 0 spiro atoms. The fraction of sp³-hybridized carbons (Fsp3) is 0.875. The van der Waals surface area contributed by atoms with Crippen molar-refractivity contribution in [1.82, 2.24) is 4.90 Å². The van der Waals surface area contributed by atoms with E-state index in [1.807, 2.05) is 6.92 Å². The third-order valence-corrected chi connectivity index (χ3v) is 2.23. The van der Waals surface area contributed by atoms with Gasteiger partial charge in [0, 0.05) is 6.61 Å². The lowest BCUT2D eigenvalue weighted by Gasteiger charge is -2.18. The molecule has 76 valence electrons. The monoisotopic (exact) mass is 189 g/mol. The van der Waals surface area contributed by atoms with Crippen molar-refractivity contribution in [3.05, 3.63) is 0 Å². The molecular weight excluding hydrogens is 174 g/mol. The molecule has 1 rings (SSSR count). The van der Waals surface area contributed by atoms with Gasteiger partial charge in [0.25, 0.3) is 0 Å². The maximum absolute atomic E-state index is 10.7. The SMILES string of the molecule is CCO[C@@H]1CC(CO)N(C(=O)O)C1. The van der Waals surface area contributed by atoms with Crippen molar-refractivity contribution in [3.8, 4) is 0 Å². The van der Waals surface area contributed by atoms with Gasteiger partial charge >= 0.3 is 6.09 Å². The van der Waals surface area contributed by atoms with E-state index in [1.165, 1.54) is 4.90 Å². The van der Waals surface area contributed by atoms with Gasteiger partial charge in [-0.05, 0) is 13.3 Å². The summed E-state index contributed by atoms with van der Waals surface area (Å²) in [6, 6.07) is -0.297. The second-order valence-corrected chi connectivity index (χ2v) is 3.08. The van der Waals surface area contributed by atoms with E-state index in [9.17, 15) is 4.79 Å². The van der Waals surface area contributed by atoms with E-state index in [0.29, 0.717) is 19.6 Å². The zero-order chi connectivity index (χ0) is 9.84. The summed E-state index contributed by atoms with van der Waals surface area (Å²) in [4.78, 5) is 11.9.